The Hall–Kier alpha value is -0.260. The summed E-state index contributed by atoms with van der Waals surface area (Å²) in [4.78, 5) is 1.23. The van der Waals surface area contributed by atoms with Crippen LogP contribution in [0, 0.1) is 12.3 Å². The lowest BCUT2D eigenvalue weighted by Gasteiger charge is -2.13. The molecule has 0 nitrogen and oxygen atoms in total. The summed E-state index contributed by atoms with van der Waals surface area (Å²) in [6.45, 7) is 4.09. The zero-order valence-corrected chi connectivity index (χ0v) is 8.92. The first-order chi connectivity index (χ1) is 5.06. The Morgan fingerprint density at radius 3 is 2.55 bits per heavy atom. The molecule has 0 amide bonds. The molecule has 1 aromatic heterocycles. The molecule has 0 N–H and O–H groups in total. The molecule has 0 fully saturated rings. The van der Waals surface area contributed by atoms with Gasteiger partial charge in [-0.15, -0.1) is 17.8 Å². The van der Waals surface area contributed by atoms with Crippen molar-refractivity contribution in [3.05, 3.63) is 20.8 Å². The highest BCUT2D eigenvalue weighted by Gasteiger charge is 2.18. The Morgan fingerprint density at radius 1 is 1.55 bits per heavy atom. The Kier molecular flexibility index (Phi) is 2.41. The summed E-state index contributed by atoms with van der Waals surface area (Å²) in [7, 11) is 0. The molecule has 0 aromatic carbocycles. The van der Waals surface area contributed by atoms with Crippen molar-refractivity contribution in [1.29, 1.82) is 0 Å². The maximum absolute atomic E-state index is 5.39. The number of terminal acetylenes is 1. The first-order valence-electron chi connectivity index (χ1n) is 3.30. The van der Waals surface area contributed by atoms with E-state index in [9.17, 15) is 0 Å². The van der Waals surface area contributed by atoms with Gasteiger partial charge >= 0.3 is 0 Å². The van der Waals surface area contributed by atoms with Gasteiger partial charge in [-0.1, -0.05) is 5.92 Å². The van der Waals surface area contributed by atoms with E-state index in [1.54, 1.807) is 11.3 Å². The van der Waals surface area contributed by atoms with Crippen molar-refractivity contribution in [3.8, 4) is 12.3 Å². The highest BCUT2D eigenvalue weighted by molar-refractivity contribution is 9.11. The molecular weight excluding hydrogens is 220 g/mol. The van der Waals surface area contributed by atoms with Crippen LogP contribution in [0.2, 0.25) is 0 Å². The van der Waals surface area contributed by atoms with Gasteiger partial charge in [0.1, 0.15) is 0 Å². The lowest BCUT2D eigenvalue weighted by molar-refractivity contribution is 0.716. The van der Waals surface area contributed by atoms with Crippen molar-refractivity contribution >= 4 is 27.3 Å². The smallest absolute Gasteiger partial charge is 0.0701 e. The number of rotatable bonds is 1. The molecular formula is C9H9BrS. The highest BCUT2D eigenvalue weighted by Crippen LogP contribution is 2.31. The number of thiophene rings is 1. The van der Waals surface area contributed by atoms with Crippen molar-refractivity contribution in [1.82, 2.24) is 0 Å². The van der Waals surface area contributed by atoms with Gasteiger partial charge in [0.15, 0.2) is 0 Å². The monoisotopic (exact) mass is 228 g/mol. The van der Waals surface area contributed by atoms with Crippen molar-refractivity contribution < 1.29 is 0 Å². The average Bonchev–Trinajstić information content (AvgIpc) is 2.36. The fraction of sp³-hybridized carbons (Fsp3) is 0.333. The number of hydrogen-bond acceptors (Lipinski definition) is 1. The predicted octanol–water partition coefficient (Wildman–Crippen LogP) is 3.42. The Labute approximate surface area is 79.8 Å². The number of hydrogen-bond donors (Lipinski definition) is 0. The Balaban J connectivity index is 3.04. The van der Waals surface area contributed by atoms with E-state index in [0.717, 1.165) is 3.79 Å². The first-order valence-corrected chi connectivity index (χ1v) is 4.91. The van der Waals surface area contributed by atoms with E-state index >= 15 is 0 Å². The third kappa shape index (κ3) is 1.85. The molecule has 0 saturated carbocycles. The maximum Gasteiger partial charge on any atom is 0.0701 e. The third-order valence-electron chi connectivity index (χ3n) is 1.55. The van der Waals surface area contributed by atoms with Gasteiger partial charge in [-0.25, -0.2) is 0 Å². The van der Waals surface area contributed by atoms with Crippen LogP contribution in [0.3, 0.4) is 0 Å². The minimum atomic E-state index is -0.128. The SMILES string of the molecule is C#CC(C)(C)c1ccc(Br)s1. The second-order valence-electron chi connectivity index (χ2n) is 2.87. The van der Waals surface area contributed by atoms with Crippen LogP contribution >= 0.6 is 27.3 Å². The summed E-state index contributed by atoms with van der Waals surface area (Å²) in [6.07, 6.45) is 5.39. The van der Waals surface area contributed by atoms with Gasteiger partial charge in [-0.2, -0.15) is 0 Å². The molecule has 0 bridgehead atoms. The van der Waals surface area contributed by atoms with Crippen LogP contribution in [0.4, 0.5) is 0 Å². The summed E-state index contributed by atoms with van der Waals surface area (Å²) in [5, 5.41) is 0. The minimum absolute atomic E-state index is 0.128. The van der Waals surface area contributed by atoms with Crippen LogP contribution in [0.5, 0.6) is 0 Å². The van der Waals surface area contributed by atoms with Gasteiger partial charge in [0.2, 0.25) is 0 Å². The average molecular weight is 229 g/mol. The molecule has 58 valence electrons. The Bertz CT molecular complexity index is 291. The van der Waals surface area contributed by atoms with Gasteiger partial charge in [0.05, 0.1) is 9.20 Å². The predicted molar refractivity (Wildman–Crippen MR) is 53.9 cm³/mol. The fourth-order valence-corrected chi connectivity index (χ4v) is 2.17. The van der Waals surface area contributed by atoms with Gasteiger partial charge in [-0.3, -0.25) is 0 Å². The van der Waals surface area contributed by atoms with E-state index in [1.807, 2.05) is 19.9 Å². The molecule has 0 aliphatic carbocycles. The quantitative estimate of drug-likeness (QED) is 0.647. The van der Waals surface area contributed by atoms with Crippen molar-refractivity contribution in [2.45, 2.75) is 19.3 Å². The second kappa shape index (κ2) is 3.00. The van der Waals surface area contributed by atoms with Crippen molar-refractivity contribution in [3.63, 3.8) is 0 Å². The standard InChI is InChI=1S/C9H9BrS/c1-4-9(2,3)7-5-6-8(10)11-7/h1,5-6H,2-3H3. The van der Waals surface area contributed by atoms with Gasteiger partial charge < -0.3 is 0 Å². The molecule has 1 heterocycles. The Morgan fingerprint density at radius 2 is 2.18 bits per heavy atom. The van der Waals surface area contributed by atoms with E-state index in [1.165, 1.54) is 4.88 Å². The molecule has 0 spiro atoms. The molecule has 1 rings (SSSR count). The molecule has 0 aliphatic heterocycles. The zero-order chi connectivity index (χ0) is 8.48. The third-order valence-corrected chi connectivity index (χ3v) is 3.50. The molecule has 11 heavy (non-hydrogen) atoms. The molecule has 1 aromatic rings. The maximum atomic E-state index is 5.39. The normalized spacial score (nSPS) is 11.1. The van der Waals surface area contributed by atoms with E-state index in [4.69, 9.17) is 6.42 Å². The molecule has 2 heteroatoms. The summed E-state index contributed by atoms with van der Waals surface area (Å²) in [5.74, 6) is 2.76. The van der Waals surface area contributed by atoms with Crippen molar-refractivity contribution in [2.75, 3.05) is 0 Å². The van der Waals surface area contributed by atoms with Crippen LogP contribution in [0.1, 0.15) is 18.7 Å². The van der Waals surface area contributed by atoms with Gasteiger partial charge in [-0.05, 0) is 41.9 Å². The van der Waals surface area contributed by atoms with Crippen LogP contribution in [0.15, 0.2) is 15.9 Å². The van der Waals surface area contributed by atoms with Crippen LogP contribution in [0.25, 0.3) is 0 Å². The van der Waals surface area contributed by atoms with E-state index in [-0.39, 0.29) is 5.41 Å². The van der Waals surface area contributed by atoms with E-state index in [2.05, 4.69) is 27.9 Å². The molecule has 0 unspecified atom stereocenters. The van der Waals surface area contributed by atoms with E-state index in [0.29, 0.717) is 0 Å². The summed E-state index contributed by atoms with van der Waals surface area (Å²) in [5.41, 5.74) is -0.128. The largest absolute Gasteiger partial charge is 0.132 e. The minimum Gasteiger partial charge on any atom is -0.132 e. The lowest BCUT2D eigenvalue weighted by Crippen LogP contribution is -2.10. The summed E-state index contributed by atoms with van der Waals surface area (Å²) >= 11 is 5.10. The van der Waals surface area contributed by atoms with Crippen LogP contribution in [-0.4, -0.2) is 0 Å². The molecule has 0 radical (unpaired) electrons. The zero-order valence-electron chi connectivity index (χ0n) is 6.52. The lowest BCUT2D eigenvalue weighted by atomic mass is 9.93. The highest BCUT2D eigenvalue weighted by atomic mass is 79.9. The molecule has 0 atom stereocenters. The summed E-state index contributed by atoms with van der Waals surface area (Å²) < 4.78 is 1.14. The molecule has 0 aliphatic rings. The fourth-order valence-electron chi connectivity index (χ4n) is 0.721. The molecule has 0 saturated heterocycles. The first kappa shape index (κ1) is 8.83. The van der Waals surface area contributed by atoms with Crippen LogP contribution in [-0.2, 0) is 5.41 Å². The van der Waals surface area contributed by atoms with Gasteiger partial charge in [0, 0.05) is 4.88 Å². The number of halogens is 1. The topological polar surface area (TPSA) is 0 Å². The second-order valence-corrected chi connectivity index (χ2v) is 5.34. The van der Waals surface area contributed by atoms with Gasteiger partial charge in [0.25, 0.3) is 0 Å². The summed E-state index contributed by atoms with van der Waals surface area (Å²) in [6, 6.07) is 4.09. The van der Waals surface area contributed by atoms with Crippen molar-refractivity contribution in [2.24, 2.45) is 0 Å². The van der Waals surface area contributed by atoms with E-state index < -0.39 is 0 Å². The van der Waals surface area contributed by atoms with Crippen LogP contribution < -0.4 is 0 Å².